The number of nitrogens with one attached hydrogen (secondary N) is 2. The average molecular weight is 316 g/mol. The molecule has 7 nitrogen and oxygen atoms in total. The molecule has 0 heterocycles. The third kappa shape index (κ3) is 10.0. The molecule has 0 fully saturated rings. The summed E-state index contributed by atoms with van der Waals surface area (Å²) in [6.07, 6.45) is -0.0186. The number of ether oxygens (including phenoxy) is 2. The maximum atomic E-state index is 11.8. The monoisotopic (exact) mass is 316 g/mol. The SMILES string of the molecule is COC(=O)[C@H](CC(C)C)NC(=O)CCNC(=O)OC(C)(C)C. The summed E-state index contributed by atoms with van der Waals surface area (Å²) in [4.78, 5) is 34.8. The van der Waals surface area contributed by atoms with E-state index in [1.165, 1.54) is 7.11 Å². The standard InChI is InChI=1S/C15H28N2O5/c1-10(2)9-11(13(19)21-6)17-12(18)7-8-16-14(20)22-15(3,4)5/h10-11H,7-9H2,1-6H3,(H,16,20)(H,17,18)/t11-/m0/s1. The minimum Gasteiger partial charge on any atom is -0.467 e. The summed E-state index contributed by atoms with van der Waals surface area (Å²) in [5.74, 6) is -0.557. The molecular weight excluding hydrogens is 288 g/mol. The van der Waals surface area contributed by atoms with Gasteiger partial charge in [-0.3, -0.25) is 4.79 Å². The maximum absolute atomic E-state index is 11.8. The molecule has 0 aromatic rings. The van der Waals surface area contributed by atoms with E-state index < -0.39 is 23.7 Å². The molecule has 0 saturated carbocycles. The van der Waals surface area contributed by atoms with Gasteiger partial charge < -0.3 is 20.1 Å². The van der Waals surface area contributed by atoms with Gasteiger partial charge >= 0.3 is 12.1 Å². The van der Waals surface area contributed by atoms with Gasteiger partial charge in [-0.05, 0) is 33.1 Å². The molecule has 0 saturated heterocycles. The van der Waals surface area contributed by atoms with Crippen molar-refractivity contribution < 1.29 is 23.9 Å². The van der Waals surface area contributed by atoms with Crippen molar-refractivity contribution in [1.29, 1.82) is 0 Å². The number of carbonyl (C=O) groups is 3. The number of hydrogen-bond donors (Lipinski definition) is 2. The van der Waals surface area contributed by atoms with Crippen LogP contribution in [0.3, 0.4) is 0 Å². The maximum Gasteiger partial charge on any atom is 0.407 e. The highest BCUT2D eigenvalue weighted by molar-refractivity contribution is 5.84. The Hall–Kier alpha value is -1.79. The Labute approximate surface area is 132 Å². The highest BCUT2D eigenvalue weighted by Crippen LogP contribution is 2.07. The van der Waals surface area contributed by atoms with E-state index >= 15 is 0 Å². The minimum atomic E-state index is -0.668. The molecule has 0 radical (unpaired) electrons. The molecular formula is C15H28N2O5. The number of hydrogen-bond acceptors (Lipinski definition) is 5. The number of esters is 1. The van der Waals surface area contributed by atoms with Gasteiger partial charge in [-0.1, -0.05) is 13.8 Å². The first-order valence-electron chi connectivity index (χ1n) is 7.39. The van der Waals surface area contributed by atoms with E-state index in [9.17, 15) is 14.4 Å². The van der Waals surface area contributed by atoms with Gasteiger partial charge in [-0.15, -0.1) is 0 Å². The van der Waals surface area contributed by atoms with Crippen molar-refractivity contribution in [3.05, 3.63) is 0 Å². The molecule has 0 spiro atoms. The largest absolute Gasteiger partial charge is 0.467 e. The molecule has 0 aliphatic heterocycles. The molecule has 0 aromatic carbocycles. The lowest BCUT2D eigenvalue weighted by molar-refractivity contribution is -0.145. The Kier molecular flexibility index (Phi) is 8.52. The van der Waals surface area contributed by atoms with E-state index in [0.717, 1.165) is 0 Å². The van der Waals surface area contributed by atoms with Crippen molar-refractivity contribution in [3.63, 3.8) is 0 Å². The van der Waals surface area contributed by atoms with Crippen LogP contribution < -0.4 is 10.6 Å². The second-order valence-corrected chi connectivity index (χ2v) is 6.45. The zero-order chi connectivity index (χ0) is 17.3. The lowest BCUT2D eigenvalue weighted by Crippen LogP contribution is -2.43. The molecule has 0 aliphatic rings. The Morgan fingerprint density at radius 3 is 2.18 bits per heavy atom. The third-order valence-corrected chi connectivity index (χ3v) is 2.55. The summed E-state index contributed by atoms with van der Waals surface area (Å²) < 4.78 is 9.72. The third-order valence-electron chi connectivity index (χ3n) is 2.55. The van der Waals surface area contributed by atoms with Crippen molar-refractivity contribution >= 4 is 18.0 Å². The van der Waals surface area contributed by atoms with Crippen LogP contribution in [-0.4, -0.2) is 43.3 Å². The first-order chi connectivity index (χ1) is 10.0. The Morgan fingerprint density at radius 1 is 1.14 bits per heavy atom. The minimum absolute atomic E-state index is 0.0603. The smallest absolute Gasteiger partial charge is 0.407 e. The molecule has 2 amide bonds. The molecule has 1 atom stereocenters. The first kappa shape index (κ1) is 20.2. The fraction of sp³-hybridized carbons (Fsp3) is 0.800. The summed E-state index contributed by atoms with van der Waals surface area (Å²) in [5.41, 5.74) is -0.584. The second-order valence-electron chi connectivity index (χ2n) is 6.45. The summed E-state index contributed by atoms with van der Waals surface area (Å²) in [6, 6.07) is -0.668. The predicted molar refractivity (Wildman–Crippen MR) is 82.3 cm³/mol. The summed E-state index contributed by atoms with van der Waals surface area (Å²) in [5, 5.41) is 5.10. The second kappa shape index (κ2) is 9.27. The van der Waals surface area contributed by atoms with Gasteiger partial charge in [-0.25, -0.2) is 9.59 Å². The van der Waals surface area contributed by atoms with Crippen molar-refractivity contribution in [2.45, 2.75) is 59.1 Å². The zero-order valence-electron chi connectivity index (χ0n) is 14.3. The molecule has 0 bridgehead atoms. The fourth-order valence-electron chi connectivity index (χ4n) is 1.69. The first-order valence-corrected chi connectivity index (χ1v) is 7.39. The number of carbonyl (C=O) groups excluding carboxylic acids is 3. The van der Waals surface area contributed by atoms with Crippen molar-refractivity contribution in [1.82, 2.24) is 10.6 Å². The van der Waals surface area contributed by atoms with Crippen LogP contribution in [0.25, 0.3) is 0 Å². The molecule has 22 heavy (non-hydrogen) atoms. The average Bonchev–Trinajstić information content (AvgIpc) is 2.34. The van der Waals surface area contributed by atoms with E-state index in [2.05, 4.69) is 15.4 Å². The van der Waals surface area contributed by atoms with Crippen LogP contribution in [0.4, 0.5) is 4.79 Å². The van der Waals surface area contributed by atoms with Crippen LogP contribution in [-0.2, 0) is 19.1 Å². The van der Waals surface area contributed by atoms with Gasteiger partial charge in [0.05, 0.1) is 7.11 Å². The lowest BCUT2D eigenvalue weighted by Gasteiger charge is -2.20. The van der Waals surface area contributed by atoms with Crippen molar-refractivity contribution in [2.75, 3.05) is 13.7 Å². The van der Waals surface area contributed by atoms with Crippen LogP contribution in [0, 0.1) is 5.92 Å². The quantitative estimate of drug-likeness (QED) is 0.696. The van der Waals surface area contributed by atoms with E-state index in [1.807, 2.05) is 13.8 Å². The van der Waals surface area contributed by atoms with Gasteiger partial charge in [-0.2, -0.15) is 0 Å². The van der Waals surface area contributed by atoms with Gasteiger partial charge in [0, 0.05) is 13.0 Å². The molecule has 0 aromatic heterocycles. The van der Waals surface area contributed by atoms with E-state index in [1.54, 1.807) is 20.8 Å². The molecule has 0 aliphatic carbocycles. The Morgan fingerprint density at radius 2 is 1.73 bits per heavy atom. The Balaban J connectivity index is 4.20. The van der Waals surface area contributed by atoms with Crippen molar-refractivity contribution in [3.8, 4) is 0 Å². The van der Waals surface area contributed by atoms with Gasteiger partial charge in [0.25, 0.3) is 0 Å². The van der Waals surface area contributed by atoms with E-state index in [0.29, 0.717) is 6.42 Å². The van der Waals surface area contributed by atoms with E-state index in [-0.39, 0.29) is 24.8 Å². The fourth-order valence-corrected chi connectivity index (χ4v) is 1.69. The lowest BCUT2D eigenvalue weighted by atomic mass is 10.0. The normalized spacial score (nSPS) is 12.5. The van der Waals surface area contributed by atoms with Crippen LogP contribution in [0.1, 0.15) is 47.5 Å². The van der Waals surface area contributed by atoms with Gasteiger partial charge in [0.15, 0.2) is 0 Å². The van der Waals surface area contributed by atoms with Gasteiger partial charge in [0.1, 0.15) is 11.6 Å². The Bertz CT molecular complexity index is 388. The summed E-state index contributed by atoms with van der Waals surface area (Å²) in [7, 11) is 1.28. The number of amides is 2. The molecule has 128 valence electrons. The van der Waals surface area contributed by atoms with E-state index in [4.69, 9.17) is 4.74 Å². The number of methoxy groups -OCH3 is 1. The van der Waals surface area contributed by atoms with Crippen LogP contribution in [0.15, 0.2) is 0 Å². The highest BCUT2D eigenvalue weighted by Gasteiger charge is 2.22. The van der Waals surface area contributed by atoms with Crippen LogP contribution >= 0.6 is 0 Å². The number of rotatable bonds is 7. The molecule has 0 rings (SSSR count). The van der Waals surface area contributed by atoms with Crippen molar-refractivity contribution in [2.24, 2.45) is 5.92 Å². The van der Waals surface area contributed by atoms with Gasteiger partial charge in [0.2, 0.25) is 5.91 Å². The highest BCUT2D eigenvalue weighted by atomic mass is 16.6. The topological polar surface area (TPSA) is 93.7 Å². The summed E-state index contributed by atoms with van der Waals surface area (Å²) in [6.45, 7) is 9.30. The predicted octanol–water partition coefficient (Wildman–Crippen LogP) is 1.61. The molecule has 7 heteroatoms. The van der Waals surface area contributed by atoms with Crippen LogP contribution in [0.5, 0.6) is 0 Å². The zero-order valence-corrected chi connectivity index (χ0v) is 14.3. The molecule has 2 N–H and O–H groups in total. The molecule has 0 unspecified atom stereocenters. The van der Waals surface area contributed by atoms with Crippen LogP contribution in [0.2, 0.25) is 0 Å². The number of alkyl carbamates (subject to hydrolysis) is 1. The summed E-state index contributed by atoms with van der Waals surface area (Å²) >= 11 is 0.